The lowest BCUT2D eigenvalue weighted by Gasteiger charge is -2.13. The summed E-state index contributed by atoms with van der Waals surface area (Å²) in [6.07, 6.45) is 1.73. The molecule has 0 saturated carbocycles. The van der Waals surface area contributed by atoms with E-state index in [1.165, 1.54) is 10.5 Å². The lowest BCUT2D eigenvalue weighted by molar-refractivity contribution is -0.917. The van der Waals surface area contributed by atoms with Crippen molar-refractivity contribution in [1.29, 1.82) is 0 Å². The van der Waals surface area contributed by atoms with Crippen molar-refractivity contribution in [2.24, 2.45) is 0 Å². The molecule has 1 unspecified atom stereocenters. The molecule has 1 N–H and O–H groups in total. The predicted octanol–water partition coefficient (Wildman–Crippen LogP) is 2.04. The fourth-order valence-corrected chi connectivity index (χ4v) is 3.02. The first kappa shape index (κ1) is 19.8. The predicted molar refractivity (Wildman–Crippen MR) is 109 cm³/mol. The number of benzene rings is 2. The van der Waals surface area contributed by atoms with Gasteiger partial charge < -0.3 is 14.4 Å². The van der Waals surface area contributed by atoms with Gasteiger partial charge in [0.25, 0.3) is 0 Å². The summed E-state index contributed by atoms with van der Waals surface area (Å²) >= 11 is 5.54. The number of methoxy groups -OCH3 is 1. The van der Waals surface area contributed by atoms with Crippen LogP contribution in [0.25, 0.3) is 5.69 Å². The van der Waals surface area contributed by atoms with Crippen LogP contribution in [0.3, 0.4) is 0 Å². The first-order valence-electron chi connectivity index (χ1n) is 8.92. The van der Waals surface area contributed by atoms with Crippen molar-refractivity contribution in [3.05, 3.63) is 71.5 Å². The number of tetrazole rings is 1. The average molecular weight is 399 g/mol. The quantitative estimate of drug-likeness (QED) is 0.442. The molecule has 3 rings (SSSR count). The van der Waals surface area contributed by atoms with Gasteiger partial charge in [-0.25, -0.2) is 0 Å². The second-order valence-electron chi connectivity index (χ2n) is 6.41. The molecular formula is C20H24N5O2S+. The molecule has 0 saturated heterocycles. The molecule has 7 nitrogen and oxygen atoms in total. The van der Waals surface area contributed by atoms with Gasteiger partial charge in [0, 0.05) is 5.56 Å². The molecule has 2 aromatic carbocycles. The van der Waals surface area contributed by atoms with Crippen molar-refractivity contribution >= 4 is 12.2 Å². The topological polar surface area (TPSA) is 58.5 Å². The number of ether oxygens (including phenoxy) is 2. The minimum Gasteiger partial charge on any atom is -0.497 e. The number of aromatic nitrogens is 4. The Morgan fingerprint density at radius 1 is 1.07 bits per heavy atom. The minimum absolute atomic E-state index is 0.507. The van der Waals surface area contributed by atoms with E-state index >= 15 is 0 Å². The zero-order valence-corrected chi connectivity index (χ0v) is 16.9. The summed E-state index contributed by atoms with van der Waals surface area (Å²) in [5, 5.41) is 8.40. The van der Waals surface area contributed by atoms with Gasteiger partial charge in [0.2, 0.25) is 4.77 Å². The van der Waals surface area contributed by atoms with Crippen LogP contribution >= 0.6 is 12.2 Å². The van der Waals surface area contributed by atoms with Crippen LogP contribution in [0.5, 0.6) is 11.5 Å². The zero-order chi connectivity index (χ0) is 19.9. The molecule has 28 heavy (non-hydrogen) atoms. The monoisotopic (exact) mass is 398 g/mol. The minimum atomic E-state index is 0.507. The Hall–Kier alpha value is -2.97. The van der Waals surface area contributed by atoms with E-state index in [9.17, 15) is 0 Å². The zero-order valence-electron chi connectivity index (χ0n) is 16.0. The summed E-state index contributed by atoms with van der Waals surface area (Å²) in [5.74, 6) is 1.62. The maximum absolute atomic E-state index is 5.54. The van der Waals surface area contributed by atoms with Crippen LogP contribution < -0.4 is 14.4 Å². The van der Waals surface area contributed by atoms with E-state index in [2.05, 4.69) is 36.2 Å². The second-order valence-corrected chi connectivity index (χ2v) is 6.77. The fourth-order valence-electron chi connectivity index (χ4n) is 2.78. The van der Waals surface area contributed by atoms with Crippen molar-refractivity contribution in [3.8, 4) is 17.2 Å². The van der Waals surface area contributed by atoms with Gasteiger partial charge in [-0.05, 0) is 71.2 Å². The molecule has 3 aromatic rings. The van der Waals surface area contributed by atoms with Gasteiger partial charge in [0.15, 0.2) is 6.67 Å². The standard InChI is InChI=1S/C20H23N5O2S/c1-4-13-27-19-9-5-16(6-10-19)14-23(2)15-24-20(28)25(22-21-24)17-7-11-18(26-3)12-8-17/h4-12H,1,13-15H2,2-3H3/p+1. The molecular weight excluding hydrogens is 374 g/mol. The maximum Gasteiger partial charge on any atom is 0.225 e. The molecule has 0 spiro atoms. The van der Waals surface area contributed by atoms with E-state index < -0.39 is 0 Å². The van der Waals surface area contributed by atoms with E-state index in [4.69, 9.17) is 21.7 Å². The highest BCUT2D eigenvalue weighted by Crippen LogP contribution is 2.14. The number of quaternary nitrogens is 1. The van der Waals surface area contributed by atoms with Crippen molar-refractivity contribution < 1.29 is 14.4 Å². The van der Waals surface area contributed by atoms with E-state index in [1.54, 1.807) is 22.5 Å². The highest BCUT2D eigenvalue weighted by atomic mass is 32.1. The Bertz CT molecular complexity index is 964. The third-order valence-electron chi connectivity index (χ3n) is 4.17. The second kappa shape index (κ2) is 9.29. The number of hydrogen-bond acceptors (Lipinski definition) is 5. The molecule has 0 aliphatic carbocycles. The van der Waals surface area contributed by atoms with Crippen LogP contribution in [-0.2, 0) is 13.2 Å². The lowest BCUT2D eigenvalue weighted by atomic mass is 10.2. The van der Waals surface area contributed by atoms with Gasteiger partial charge in [-0.3, -0.25) is 0 Å². The Morgan fingerprint density at radius 3 is 2.39 bits per heavy atom. The van der Waals surface area contributed by atoms with Crippen LogP contribution in [0, 0.1) is 4.77 Å². The summed E-state index contributed by atoms with van der Waals surface area (Å²) in [6.45, 7) is 5.60. The third-order valence-corrected chi connectivity index (χ3v) is 4.56. The molecule has 8 heteroatoms. The normalized spacial score (nSPS) is 11.8. The Balaban J connectivity index is 1.64. The van der Waals surface area contributed by atoms with Crippen molar-refractivity contribution in [2.75, 3.05) is 20.8 Å². The highest BCUT2D eigenvalue weighted by molar-refractivity contribution is 7.71. The first-order chi connectivity index (χ1) is 13.6. The van der Waals surface area contributed by atoms with Crippen molar-refractivity contribution in [1.82, 2.24) is 19.8 Å². The molecule has 146 valence electrons. The number of nitrogens with zero attached hydrogens (tertiary/aromatic N) is 4. The van der Waals surface area contributed by atoms with Gasteiger partial charge >= 0.3 is 0 Å². The summed E-state index contributed by atoms with van der Waals surface area (Å²) in [5.41, 5.74) is 2.06. The summed E-state index contributed by atoms with van der Waals surface area (Å²) in [7, 11) is 3.73. The lowest BCUT2D eigenvalue weighted by Crippen LogP contribution is -3.07. The molecule has 1 heterocycles. The Labute approximate surface area is 169 Å². The molecule has 0 aliphatic rings. The van der Waals surface area contributed by atoms with Crippen LogP contribution in [0.4, 0.5) is 0 Å². The van der Waals surface area contributed by atoms with Gasteiger partial charge in [0.1, 0.15) is 24.7 Å². The number of nitrogens with one attached hydrogen (secondary N) is 1. The Morgan fingerprint density at radius 2 is 1.75 bits per heavy atom. The van der Waals surface area contributed by atoms with E-state index in [-0.39, 0.29) is 0 Å². The first-order valence-corrected chi connectivity index (χ1v) is 9.32. The third kappa shape index (κ3) is 4.85. The largest absolute Gasteiger partial charge is 0.497 e. The molecule has 0 radical (unpaired) electrons. The SMILES string of the molecule is C=CCOc1ccc(C[NH+](C)Cn2nnn(-c3ccc(OC)cc3)c2=S)cc1. The van der Waals surface area contributed by atoms with Crippen LogP contribution in [0.2, 0.25) is 0 Å². The summed E-state index contributed by atoms with van der Waals surface area (Å²) in [4.78, 5) is 1.23. The van der Waals surface area contributed by atoms with Crippen molar-refractivity contribution in [3.63, 3.8) is 0 Å². The summed E-state index contributed by atoms with van der Waals surface area (Å²) < 4.78 is 14.6. The van der Waals surface area contributed by atoms with Crippen LogP contribution in [0.15, 0.2) is 61.2 Å². The van der Waals surface area contributed by atoms with E-state index in [0.717, 1.165) is 23.7 Å². The average Bonchev–Trinajstić information content (AvgIpc) is 3.07. The van der Waals surface area contributed by atoms with Gasteiger partial charge in [0.05, 0.1) is 19.8 Å². The molecule has 0 amide bonds. The van der Waals surface area contributed by atoms with E-state index in [1.807, 2.05) is 36.4 Å². The Kier molecular flexibility index (Phi) is 6.57. The van der Waals surface area contributed by atoms with Crippen LogP contribution in [0.1, 0.15) is 5.56 Å². The van der Waals surface area contributed by atoms with Crippen molar-refractivity contribution in [2.45, 2.75) is 13.2 Å². The highest BCUT2D eigenvalue weighted by Gasteiger charge is 2.11. The van der Waals surface area contributed by atoms with Gasteiger partial charge in [-0.1, -0.05) is 12.7 Å². The molecule has 0 aliphatic heterocycles. The van der Waals surface area contributed by atoms with E-state index in [0.29, 0.717) is 18.0 Å². The molecule has 0 fully saturated rings. The maximum atomic E-state index is 5.54. The van der Waals surface area contributed by atoms with Gasteiger partial charge in [-0.15, -0.1) is 0 Å². The number of rotatable bonds is 9. The van der Waals surface area contributed by atoms with Gasteiger partial charge in [-0.2, -0.15) is 9.36 Å². The molecule has 1 aromatic heterocycles. The fraction of sp³-hybridized carbons (Fsp3) is 0.250. The molecule has 1 atom stereocenters. The summed E-state index contributed by atoms with van der Waals surface area (Å²) in [6, 6.07) is 15.6. The number of hydrogen-bond donors (Lipinski definition) is 1. The molecule has 0 bridgehead atoms. The van der Waals surface area contributed by atoms with Crippen LogP contribution in [-0.4, -0.2) is 40.6 Å². The smallest absolute Gasteiger partial charge is 0.225 e.